The highest BCUT2D eigenvalue weighted by Gasteiger charge is 2.12. The molecule has 0 bridgehead atoms. The third kappa shape index (κ3) is 4.09. The molecule has 1 aromatic heterocycles. The van der Waals surface area contributed by atoms with Crippen molar-refractivity contribution in [1.82, 2.24) is 15.0 Å². The predicted octanol–water partition coefficient (Wildman–Crippen LogP) is 3.80. The molecular formula is C13H14Cl2N4O2. The Labute approximate surface area is 132 Å². The number of aromatic nitrogens is 3. The maximum atomic E-state index is 6.07. The number of benzene rings is 1. The van der Waals surface area contributed by atoms with Crippen LogP contribution in [0.3, 0.4) is 0 Å². The molecule has 1 heterocycles. The van der Waals surface area contributed by atoms with Gasteiger partial charge < -0.3 is 14.8 Å². The maximum Gasteiger partial charge on any atom is 0.330 e. The van der Waals surface area contributed by atoms with Gasteiger partial charge in [0.25, 0.3) is 0 Å². The number of halogens is 2. The molecule has 2 rings (SSSR count). The molecule has 0 aliphatic heterocycles. The van der Waals surface area contributed by atoms with Gasteiger partial charge in [-0.25, -0.2) is 0 Å². The van der Waals surface area contributed by atoms with Crippen molar-refractivity contribution in [3.8, 4) is 17.8 Å². The lowest BCUT2D eigenvalue weighted by atomic mass is 10.3. The Morgan fingerprint density at radius 2 is 1.81 bits per heavy atom. The van der Waals surface area contributed by atoms with Crippen molar-refractivity contribution < 1.29 is 9.47 Å². The summed E-state index contributed by atoms with van der Waals surface area (Å²) in [6, 6.07) is 5.28. The predicted molar refractivity (Wildman–Crippen MR) is 81.7 cm³/mol. The van der Waals surface area contributed by atoms with Crippen molar-refractivity contribution in [2.45, 2.75) is 20.0 Å². The van der Waals surface area contributed by atoms with E-state index in [1.54, 1.807) is 25.2 Å². The zero-order chi connectivity index (χ0) is 15.4. The summed E-state index contributed by atoms with van der Waals surface area (Å²) < 4.78 is 11.0. The highest BCUT2D eigenvalue weighted by Crippen LogP contribution is 2.34. The van der Waals surface area contributed by atoms with E-state index in [0.29, 0.717) is 16.7 Å². The van der Waals surface area contributed by atoms with E-state index in [1.807, 2.05) is 13.8 Å². The van der Waals surface area contributed by atoms with Gasteiger partial charge in [-0.05, 0) is 26.0 Å². The van der Waals surface area contributed by atoms with Gasteiger partial charge in [0.1, 0.15) is 5.02 Å². The summed E-state index contributed by atoms with van der Waals surface area (Å²) in [7, 11) is 1.69. The van der Waals surface area contributed by atoms with Crippen LogP contribution in [-0.2, 0) is 0 Å². The Bertz CT molecular complexity index is 638. The lowest BCUT2D eigenvalue weighted by molar-refractivity contribution is 0.218. The maximum absolute atomic E-state index is 6.07. The highest BCUT2D eigenvalue weighted by atomic mass is 35.5. The number of nitrogens with zero attached hydrogens (tertiary/aromatic N) is 3. The van der Waals surface area contributed by atoms with E-state index in [0.717, 1.165) is 0 Å². The van der Waals surface area contributed by atoms with E-state index >= 15 is 0 Å². The van der Waals surface area contributed by atoms with Crippen LogP contribution in [0.25, 0.3) is 0 Å². The fraction of sp³-hybridized carbons (Fsp3) is 0.308. The Kier molecular flexibility index (Phi) is 5.03. The van der Waals surface area contributed by atoms with Crippen LogP contribution < -0.4 is 14.8 Å². The minimum absolute atomic E-state index is 0.0640. The molecular weight excluding hydrogens is 315 g/mol. The summed E-state index contributed by atoms with van der Waals surface area (Å²) in [6.07, 6.45) is -0.0697. The second kappa shape index (κ2) is 6.78. The average molecular weight is 329 g/mol. The highest BCUT2D eigenvalue weighted by molar-refractivity contribution is 6.42. The second-order valence-corrected chi connectivity index (χ2v) is 5.08. The fourth-order valence-corrected chi connectivity index (χ4v) is 1.75. The molecule has 0 amide bonds. The first-order chi connectivity index (χ1) is 9.99. The molecule has 6 nitrogen and oxygen atoms in total. The van der Waals surface area contributed by atoms with Crippen molar-refractivity contribution in [3.63, 3.8) is 0 Å². The molecule has 0 aliphatic rings. The van der Waals surface area contributed by atoms with Crippen LogP contribution in [-0.4, -0.2) is 28.1 Å². The van der Waals surface area contributed by atoms with Crippen LogP contribution in [0.5, 0.6) is 17.8 Å². The molecule has 1 aromatic carbocycles. The SMILES string of the molecule is CNc1nc(Oc2cccc(Cl)c2Cl)nc(OC(C)C)n1. The van der Waals surface area contributed by atoms with Gasteiger partial charge in [-0.15, -0.1) is 4.98 Å². The smallest absolute Gasteiger partial charge is 0.330 e. The number of hydrogen-bond acceptors (Lipinski definition) is 6. The third-order valence-electron chi connectivity index (χ3n) is 2.28. The summed E-state index contributed by atoms with van der Waals surface area (Å²) in [5.74, 6) is 0.682. The van der Waals surface area contributed by atoms with Crippen molar-refractivity contribution in [2.24, 2.45) is 0 Å². The average Bonchev–Trinajstić information content (AvgIpc) is 2.43. The standard InChI is InChI=1S/C13H14Cl2N4O2/c1-7(2)20-12-17-11(16-3)18-13(19-12)21-9-6-4-5-8(14)10(9)15/h4-7H,1-3H3,(H,16,17,18,19). The summed E-state index contributed by atoms with van der Waals surface area (Å²) in [6.45, 7) is 3.74. The van der Waals surface area contributed by atoms with Crippen molar-refractivity contribution in [1.29, 1.82) is 0 Å². The molecule has 8 heteroatoms. The van der Waals surface area contributed by atoms with Crippen LogP contribution in [0.1, 0.15) is 13.8 Å². The first-order valence-corrected chi connectivity index (χ1v) is 6.97. The van der Waals surface area contributed by atoms with Crippen molar-refractivity contribution >= 4 is 29.2 Å². The molecule has 112 valence electrons. The third-order valence-corrected chi connectivity index (χ3v) is 3.08. The summed E-state index contributed by atoms with van der Waals surface area (Å²) >= 11 is 12.0. The van der Waals surface area contributed by atoms with Crippen molar-refractivity contribution in [3.05, 3.63) is 28.2 Å². The van der Waals surface area contributed by atoms with E-state index in [2.05, 4.69) is 20.3 Å². The second-order valence-electron chi connectivity index (χ2n) is 4.29. The Balaban J connectivity index is 2.32. The molecule has 0 spiro atoms. The minimum Gasteiger partial charge on any atom is -0.461 e. The zero-order valence-electron chi connectivity index (χ0n) is 11.7. The van der Waals surface area contributed by atoms with Gasteiger partial charge in [0, 0.05) is 7.05 Å². The molecule has 21 heavy (non-hydrogen) atoms. The van der Waals surface area contributed by atoms with Gasteiger partial charge in [0.15, 0.2) is 5.75 Å². The van der Waals surface area contributed by atoms with E-state index in [4.69, 9.17) is 32.7 Å². The van der Waals surface area contributed by atoms with Gasteiger partial charge in [-0.2, -0.15) is 9.97 Å². The molecule has 0 saturated heterocycles. The lowest BCUT2D eigenvalue weighted by Crippen LogP contribution is -2.11. The summed E-state index contributed by atoms with van der Waals surface area (Å²) in [4.78, 5) is 12.2. The molecule has 0 radical (unpaired) electrons. The number of ether oxygens (including phenoxy) is 2. The molecule has 0 fully saturated rings. The van der Waals surface area contributed by atoms with E-state index in [1.165, 1.54) is 0 Å². The molecule has 1 N–H and O–H groups in total. The molecule has 0 unspecified atom stereocenters. The first kappa shape index (κ1) is 15.6. The van der Waals surface area contributed by atoms with Crippen LogP contribution in [0.15, 0.2) is 18.2 Å². The Morgan fingerprint density at radius 1 is 1.10 bits per heavy atom. The van der Waals surface area contributed by atoms with E-state index in [-0.39, 0.29) is 23.1 Å². The minimum atomic E-state index is -0.0697. The van der Waals surface area contributed by atoms with Gasteiger partial charge in [0.2, 0.25) is 5.95 Å². The number of rotatable bonds is 5. The normalized spacial score (nSPS) is 10.6. The van der Waals surface area contributed by atoms with Crippen LogP contribution in [0.4, 0.5) is 5.95 Å². The largest absolute Gasteiger partial charge is 0.461 e. The topological polar surface area (TPSA) is 69.2 Å². The molecule has 0 aliphatic carbocycles. The van der Waals surface area contributed by atoms with E-state index < -0.39 is 0 Å². The van der Waals surface area contributed by atoms with Gasteiger partial charge in [-0.1, -0.05) is 29.3 Å². The molecule has 0 atom stereocenters. The molecule has 2 aromatic rings. The molecule has 0 saturated carbocycles. The quantitative estimate of drug-likeness (QED) is 0.900. The monoisotopic (exact) mass is 328 g/mol. The van der Waals surface area contributed by atoms with E-state index in [9.17, 15) is 0 Å². The Morgan fingerprint density at radius 3 is 2.48 bits per heavy atom. The number of nitrogens with one attached hydrogen (secondary N) is 1. The van der Waals surface area contributed by atoms with Gasteiger partial charge in [0.05, 0.1) is 11.1 Å². The Hall–Kier alpha value is -1.79. The zero-order valence-corrected chi connectivity index (χ0v) is 13.2. The summed E-state index contributed by atoms with van der Waals surface area (Å²) in [5, 5.41) is 3.49. The first-order valence-electron chi connectivity index (χ1n) is 6.22. The van der Waals surface area contributed by atoms with Crippen LogP contribution >= 0.6 is 23.2 Å². The van der Waals surface area contributed by atoms with Crippen LogP contribution in [0.2, 0.25) is 10.0 Å². The van der Waals surface area contributed by atoms with Crippen molar-refractivity contribution in [2.75, 3.05) is 12.4 Å². The fourth-order valence-electron chi connectivity index (χ4n) is 1.42. The van der Waals surface area contributed by atoms with Crippen LogP contribution in [0, 0.1) is 0 Å². The number of anilines is 1. The summed E-state index contributed by atoms with van der Waals surface area (Å²) in [5.41, 5.74) is 0. The lowest BCUT2D eigenvalue weighted by Gasteiger charge is -2.11. The van der Waals surface area contributed by atoms with Gasteiger partial charge in [-0.3, -0.25) is 0 Å². The van der Waals surface area contributed by atoms with Gasteiger partial charge >= 0.3 is 12.0 Å². The number of hydrogen-bond donors (Lipinski definition) is 1.